The largest absolute Gasteiger partial charge is 0.378 e. The number of fused-ring (bicyclic) bond motifs is 1. The van der Waals surface area contributed by atoms with Crippen molar-refractivity contribution >= 4 is 16.5 Å². The van der Waals surface area contributed by atoms with Gasteiger partial charge in [-0.15, -0.1) is 10.2 Å². The summed E-state index contributed by atoms with van der Waals surface area (Å²) < 4.78 is 19.6. The van der Waals surface area contributed by atoms with E-state index in [1.54, 1.807) is 23.5 Å². The van der Waals surface area contributed by atoms with E-state index in [-0.39, 0.29) is 5.82 Å². The number of halogens is 1. The number of piperidine rings is 1. The molecule has 2 saturated heterocycles. The Bertz CT molecular complexity index is 677. The maximum atomic E-state index is 13.8. The van der Waals surface area contributed by atoms with Gasteiger partial charge in [0.1, 0.15) is 10.8 Å². The minimum Gasteiger partial charge on any atom is -0.378 e. The normalized spacial score (nSPS) is 24.5. The van der Waals surface area contributed by atoms with Crippen LogP contribution in [-0.4, -0.2) is 36.0 Å². The van der Waals surface area contributed by atoms with Gasteiger partial charge in [-0.25, -0.2) is 4.39 Å². The lowest BCUT2D eigenvalue weighted by molar-refractivity contribution is -0.0357. The van der Waals surface area contributed by atoms with Crippen molar-refractivity contribution in [2.45, 2.75) is 31.8 Å². The molecule has 2 aromatic rings. The van der Waals surface area contributed by atoms with Crippen LogP contribution in [-0.2, 0) is 11.2 Å². The highest BCUT2D eigenvalue weighted by Gasteiger charge is 2.33. The Morgan fingerprint density at radius 3 is 3.09 bits per heavy atom. The van der Waals surface area contributed by atoms with Crippen LogP contribution in [0.1, 0.15) is 29.8 Å². The first-order chi connectivity index (χ1) is 11.3. The molecule has 23 heavy (non-hydrogen) atoms. The minimum atomic E-state index is -0.176. The molecule has 2 aliphatic heterocycles. The van der Waals surface area contributed by atoms with Gasteiger partial charge in [-0.3, -0.25) is 0 Å². The first kappa shape index (κ1) is 15.0. The van der Waals surface area contributed by atoms with Gasteiger partial charge in [0.25, 0.3) is 0 Å². The number of hydrogen-bond donors (Lipinski definition) is 0. The molecular formula is C17H20FN3OS. The average molecular weight is 333 g/mol. The summed E-state index contributed by atoms with van der Waals surface area (Å²) in [5, 5.41) is 10.4. The lowest BCUT2D eigenvalue weighted by atomic mass is 9.89. The molecule has 4 rings (SSSR count). The Kier molecular flexibility index (Phi) is 4.27. The van der Waals surface area contributed by atoms with Gasteiger partial charge in [0, 0.05) is 32.0 Å². The van der Waals surface area contributed by atoms with Crippen LogP contribution < -0.4 is 4.90 Å². The predicted octanol–water partition coefficient (Wildman–Crippen LogP) is 3.27. The Morgan fingerprint density at radius 2 is 2.17 bits per heavy atom. The fraction of sp³-hybridized carbons (Fsp3) is 0.529. The summed E-state index contributed by atoms with van der Waals surface area (Å²) in [7, 11) is 0. The molecule has 2 unspecified atom stereocenters. The van der Waals surface area contributed by atoms with Gasteiger partial charge in [-0.1, -0.05) is 29.5 Å². The van der Waals surface area contributed by atoms with Crippen LogP contribution in [0.15, 0.2) is 24.3 Å². The van der Waals surface area contributed by atoms with E-state index < -0.39 is 0 Å². The number of benzene rings is 1. The molecule has 2 atom stereocenters. The van der Waals surface area contributed by atoms with Crippen molar-refractivity contribution in [3.05, 3.63) is 40.7 Å². The van der Waals surface area contributed by atoms with E-state index in [0.717, 1.165) is 42.7 Å². The molecule has 0 amide bonds. The fourth-order valence-electron chi connectivity index (χ4n) is 3.51. The van der Waals surface area contributed by atoms with Gasteiger partial charge < -0.3 is 9.64 Å². The minimum absolute atomic E-state index is 0.176. The topological polar surface area (TPSA) is 38.2 Å². The maximum absolute atomic E-state index is 13.8. The Morgan fingerprint density at radius 1 is 1.26 bits per heavy atom. The quantitative estimate of drug-likeness (QED) is 0.864. The van der Waals surface area contributed by atoms with Crippen LogP contribution in [0.4, 0.5) is 9.52 Å². The molecule has 0 radical (unpaired) electrons. The first-order valence-electron chi connectivity index (χ1n) is 8.22. The number of hydrogen-bond acceptors (Lipinski definition) is 5. The summed E-state index contributed by atoms with van der Waals surface area (Å²) in [6.45, 7) is 2.88. The van der Waals surface area contributed by atoms with Gasteiger partial charge in [-0.05, 0) is 30.9 Å². The number of ether oxygens (including phenoxy) is 1. The summed E-state index contributed by atoms with van der Waals surface area (Å²) >= 11 is 1.58. The van der Waals surface area contributed by atoms with E-state index >= 15 is 0 Å². The van der Waals surface area contributed by atoms with Gasteiger partial charge in [0.05, 0.1) is 6.10 Å². The summed E-state index contributed by atoms with van der Waals surface area (Å²) in [6, 6.07) is 6.86. The van der Waals surface area contributed by atoms with E-state index in [1.165, 1.54) is 12.5 Å². The standard InChI is InChI=1S/C17H20FN3OS/c18-14-6-2-1-4-12(14)10-16-19-20-17(23-16)21-8-7-15-13(11-21)5-3-9-22-15/h1-2,4,6,13,15H,3,5,7-11H2. The second kappa shape index (κ2) is 6.53. The second-order valence-corrected chi connectivity index (χ2v) is 7.33. The van der Waals surface area contributed by atoms with E-state index in [2.05, 4.69) is 15.1 Å². The van der Waals surface area contributed by atoms with Gasteiger partial charge in [0.15, 0.2) is 0 Å². The molecule has 0 aliphatic carbocycles. The molecule has 0 bridgehead atoms. The number of nitrogens with zero attached hydrogens (tertiary/aromatic N) is 3. The number of aromatic nitrogens is 2. The molecule has 6 heteroatoms. The van der Waals surface area contributed by atoms with Crippen molar-refractivity contribution in [3.63, 3.8) is 0 Å². The molecule has 122 valence electrons. The Balaban J connectivity index is 1.45. The van der Waals surface area contributed by atoms with Crippen molar-refractivity contribution < 1.29 is 9.13 Å². The molecular weight excluding hydrogens is 313 g/mol. The summed E-state index contributed by atoms with van der Waals surface area (Å²) in [5.41, 5.74) is 0.676. The van der Waals surface area contributed by atoms with Crippen LogP contribution in [0.5, 0.6) is 0 Å². The molecule has 3 heterocycles. The summed E-state index contributed by atoms with van der Waals surface area (Å²) in [6.07, 6.45) is 4.39. The van der Waals surface area contributed by atoms with E-state index in [0.29, 0.717) is 24.0 Å². The lowest BCUT2D eigenvalue weighted by Crippen LogP contribution is -2.46. The zero-order valence-corrected chi connectivity index (χ0v) is 13.8. The predicted molar refractivity (Wildman–Crippen MR) is 88.4 cm³/mol. The van der Waals surface area contributed by atoms with E-state index in [9.17, 15) is 4.39 Å². The number of anilines is 1. The Hall–Kier alpha value is -1.53. The van der Waals surface area contributed by atoms with Crippen LogP contribution in [0.3, 0.4) is 0 Å². The van der Waals surface area contributed by atoms with Crippen molar-refractivity contribution in [3.8, 4) is 0 Å². The third-order valence-electron chi connectivity index (χ3n) is 4.74. The zero-order valence-electron chi connectivity index (χ0n) is 12.9. The van der Waals surface area contributed by atoms with Crippen molar-refractivity contribution in [2.24, 2.45) is 5.92 Å². The highest BCUT2D eigenvalue weighted by molar-refractivity contribution is 7.15. The monoisotopic (exact) mass is 333 g/mol. The van der Waals surface area contributed by atoms with Crippen molar-refractivity contribution in [1.82, 2.24) is 10.2 Å². The van der Waals surface area contributed by atoms with Gasteiger partial charge in [0.2, 0.25) is 5.13 Å². The van der Waals surface area contributed by atoms with Gasteiger partial charge >= 0.3 is 0 Å². The molecule has 2 aliphatic rings. The van der Waals surface area contributed by atoms with Crippen LogP contribution in [0.25, 0.3) is 0 Å². The maximum Gasteiger partial charge on any atom is 0.208 e. The lowest BCUT2D eigenvalue weighted by Gasteiger charge is -2.40. The highest BCUT2D eigenvalue weighted by atomic mass is 32.1. The molecule has 0 N–H and O–H groups in total. The Labute approximate surface area is 139 Å². The third-order valence-corrected chi connectivity index (χ3v) is 5.73. The summed E-state index contributed by atoms with van der Waals surface area (Å²) in [5.74, 6) is 0.431. The van der Waals surface area contributed by atoms with E-state index in [4.69, 9.17) is 4.74 Å². The molecule has 2 fully saturated rings. The van der Waals surface area contributed by atoms with Crippen LogP contribution >= 0.6 is 11.3 Å². The third kappa shape index (κ3) is 3.23. The summed E-state index contributed by atoms with van der Waals surface area (Å²) in [4.78, 5) is 2.32. The second-order valence-electron chi connectivity index (χ2n) is 6.29. The van der Waals surface area contributed by atoms with Crippen LogP contribution in [0.2, 0.25) is 0 Å². The van der Waals surface area contributed by atoms with E-state index in [1.807, 2.05) is 6.07 Å². The van der Waals surface area contributed by atoms with Gasteiger partial charge in [-0.2, -0.15) is 0 Å². The number of rotatable bonds is 3. The fourth-order valence-corrected chi connectivity index (χ4v) is 4.41. The molecule has 4 nitrogen and oxygen atoms in total. The SMILES string of the molecule is Fc1ccccc1Cc1nnc(N2CCC3OCCCC3C2)s1. The van der Waals surface area contributed by atoms with Crippen molar-refractivity contribution in [1.29, 1.82) is 0 Å². The van der Waals surface area contributed by atoms with Crippen molar-refractivity contribution in [2.75, 3.05) is 24.6 Å². The highest BCUT2D eigenvalue weighted by Crippen LogP contribution is 2.32. The van der Waals surface area contributed by atoms with Crippen LogP contribution in [0, 0.1) is 11.7 Å². The zero-order chi connectivity index (χ0) is 15.6. The molecule has 1 aromatic carbocycles. The molecule has 0 spiro atoms. The molecule has 1 aromatic heterocycles. The average Bonchev–Trinajstić information content (AvgIpc) is 3.05. The molecule has 0 saturated carbocycles. The first-order valence-corrected chi connectivity index (χ1v) is 9.03. The smallest absolute Gasteiger partial charge is 0.208 e.